The van der Waals surface area contributed by atoms with Gasteiger partial charge in [-0.05, 0) is 24.6 Å². The van der Waals surface area contributed by atoms with Crippen molar-refractivity contribution in [1.29, 1.82) is 0 Å². The topological polar surface area (TPSA) is 60.7 Å². The van der Waals surface area contributed by atoms with Crippen LogP contribution >= 0.6 is 0 Å². The minimum atomic E-state index is -2.93. The molecule has 1 amide bonds. The molecule has 0 bridgehead atoms. The van der Waals surface area contributed by atoms with Crippen LogP contribution in [0.1, 0.15) is 41.3 Å². The summed E-state index contributed by atoms with van der Waals surface area (Å²) in [5.41, 5.74) is 0.484. The Hall–Kier alpha value is -2.41. The van der Waals surface area contributed by atoms with E-state index in [1.165, 1.54) is 19.2 Å². The molecule has 24 heavy (non-hydrogen) atoms. The number of alkyl halides is 2. The van der Waals surface area contributed by atoms with E-state index in [1.807, 2.05) is 6.92 Å². The third-order valence-electron chi connectivity index (χ3n) is 3.40. The van der Waals surface area contributed by atoms with Crippen molar-refractivity contribution in [2.24, 2.45) is 0 Å². The highest BCUT2D eigenvalue weighted by atomic mass is 19.3. The summed E-state index contributed by atoms with van der Waals surface area (Å²) in [5.74, 6) is 0.264. The number of carbonyl (C=O) groups is 1. The molecule has 1 heterocycles. The number of halogens is 2. The van der Waals surface area contributed by atoms with Crippen LogP contribution in [0.5, 0.6) is 5.75 Å². The van der Waals surface area contributed by atoms with Crippen molar-refractivity contribution in [3.63, 3.8) is 0 Å². The average molecular weight is 339 g/mol. The zero-order valence-electron chi connectivity index (χ0n) is 13.4. The second-order valence-corrected chi connectivity index (χ2v) is 5.05. The number of benzene rings is 1. The summed E-state index contributed by atoms with van der Waals surface area (Å²) >= 11 is 0. The highest BCUT2D eigenvalue weighted by Crippen LogP contribution is 2.28. The second kappa shape index (κ2) is 8.44. The summed E-state index contributed by atoms with van der Waals surface area (Å²) in [6, 6.07) is 9.09. The van der Waals surface area contributed by atoms with Gasteiger partial charge in [-0.3, -0.25) is 4.79 Å². The van der Waals surface area contributed by atoms with Gasteiger partial charge in [-0.25, -0.2) is 0 Å². The number of nitrogens with one attached hydrogen (secondary N) is 1. The van der Waals surface area contributed by atoms with Crippen molar-refractivity contribution >= 4 is 5.91 Å². The van der Waals surface area contributed by atoms with Crippen LogP contribution in [0.4, 0.5) is 8.78 Å². The van der Waals surface area contributed by atoms with Gasteiger partial charge in [-0.1, -0.05) is 25.1 Å². The van der Waals surface area contributed by atoms with Crippen molar-refractivity contribution in [2.75, 3.05) is 7.11 Å². The Morgan fingerprint density at radius 3 is 2.67 bits per heavy atom. The fraction of sp³-hybridized carbons (Fsp3) is 0.353. The highest BCUT2D eigenvalue weighted by molar-refractivity contribution is 5.91. The largest absolute Gasteiger partial charge is 0.453 e. The summed E-state index contributed by atoms with van der Waals surface area (Å²) in [5, 5.41) is 2.77. The molecule has 0 aliphatic carbocycles. The molecule has 0 saturated carbocycles. The van der Waals surface area contributed by atoms with E-state index in [0.29, 0.717) is 17.7 Å². The number of rotatable bonds is 8. The molecule has 0 aliphatic heterocycles. The maximum absolute atomic E-state index is 12.5. The van der Waals surface area contributed by atoms with E-state index in [9.17, 15) is 13.6 Å². The molecule has 130 valence electrons. The summed E-state index contributed by atoms with van der Waals surface area (Å²) in [4.78, 5) is 12.3. The van der Waals surface area contributed by atoms with Crippen LogP contribution in [-0.4, -0.2) is 19.6 Å². The molecule has 0 radical (unpaired) electrons. The molecule has 2 rings (SSSR count). The predicted molar refractivity (Wildman–Crippen MR) is 83.0 cm³/mol. The average Bonchev–Trinajstić information content (AvgIpc) is 3.02. The molecule has 1 N–H and O–H groups in total. The van der Waals surface area contributed by atoms with Gasteiger partial charge in [-0.2, -0.15) is 8.78 Å². The summed E-state index contributed by atoms with van der Waals surface area (Å²) in [6.45, 7) is -0.834. The van der Waals surface area contributed by atoms with Crippen LogP contribution in [0, 0.1) is 0 Å². The van der Waals surface area contributed by atoms with Crippen LogP contribution in [0.15, 0.2) is 40.8 Å². The van der Waals surface area contributed by atoms with Crippen LogP contribution in [-0.2, 0) is 11.3 Å². The Morgan fingerprint density at radius 2 is 2.00 bits per heavy atom. The predicted octanol–water partition coefficient (Wildman–Crippen LogP) is 3.91. The van der Waals surface area contributed by atoms with Gasteiger partial charge < -0.3 is 19.2 Å². The molecule has 1 aromatic heterocycles. The summed E-state index contributed by atoms with van der Waals surface area (Å²) in [7, 11) is 1.52. The van der Waals surface area contributed by atoms with Gasteiger partial charge in [0.15, 0.2) is 5.76 Å². The van der Waals surface area contributed by atoms with Gasteiger partial charge in [0.25, 0.3) is 5.91 Å². The van der Waals surface area contributed by atoms with E-state index in [-0.39, 0.29) is 18.1 Å². The molecular weight excluding hydrogens is 320 g/mol. The number of para-hydroxylation sites is 1. The quantitative estimate of drug-likeness (QED) is 0.792. The van der Waals surface area contributed by atoms with Crippen molar-refractivity contribution < 1.29 is 27.5 Å². The zero-order valence-corrected chi connectivity index (χ0v) is 13.4. The Kier molecular flexibility index (Phi) is 6.31. The Morgan fingerprint density at radius 1 is 1.25 bits per heavy atom. The van der Waals surface area contributed by atoms with Crippen LogP contribution in [0.2, 0.25) is 0 Å². The standard InChI is InChI=1S/C17H19F2NO4/c1-3-13(12-6-4-5-7-14(12)24-17(18)19)20-16(21)15-9-8-11(23-15)10-22-2/h4-9,13,17H,3,10H2,1-2H3,(H,20,21). The molecule has 1 atom stereocenters. The Labute approximate surface area is 138 Å². The number of furan rings is 1. The van der Waals surface area contributed by atoms with Crippen LogP contribution < -0.4 is 10.1 Å². The number of hydrogen-bond donors (Lipinski definition) is 1. The molecule has 1 unspecified atom stereocenters. The van der Waals surface area contributed by atoms with Gasteiger partial charge >= 0.3 is 6.61 Å². The molecule has 5 nitrogen and oxygen atoms in total. The Bertz CT molecular complexity index is 672. The lowest BCUT2D eigenvalue weighted by molar-refractivity contribution is -0.0506. The third-order valence-corrected chi connectivity index (χ3v) is 3.40. The molecule has 2 aromatic rings. The monoisotopic (exact) mass is 339 g/mol. The van der Waals surface area contributed by atoms with Gasteiger partial charge in [0, 0.05) is 12.7 Å². The first-order chi connectivity index (χ1) is 11.5. The first kappa shape index (κ1) is 17.9. The van der Waals surface area contributed by atoms with E-state index in [1.54, 1.807) is 24.3 Å². The van der Waals surface area contributed by atoms with Crippen molar-refractivity contribution in [2.45, 2.75) is 32.6 Å². The van der Waals surface area contributed by atoms with Gasteiger partial charge in [0.1, 0.15) is 18.1 Å². The first-order valence-electron chi connectivity index (χ1n) is 7.47. The molecule has 7 heteroatoms. The molecule has 0 aliphatic rings. The van der Waals surface area contributed by atoms with E-state index in [4.69, 9.17) is 9.15 Å². The summed E-state index contributed by atoms with van der Waals surface area (Å²) in [6.07, 6.45) is 0.501. The van der Waals surface area contributed by atoms with Crippen LogP contribution in [0.25, 0.3) is 0 Å². The number of ether oxygens (including phenoxy) is 2. The minimum Gasteiger partial charge on any atom is -0.453 e. The van der Waals surface area contributed by atoms with Gasteiger partial charge in [0.2, 0.25) is 0 Å². The molecule has 0 fully saturated rings. The van der Waals surface area contributed by atoms with Gasteiger partial charge in [-0.15, -0.1) is 0 Å². The number of amides is 1. The number of carbonyl (C=O) groups excluding carboxylic acids is 1. The maximum Gasteiger partial charge on any atom is 0.387 e. The molecule has 1 aromatic carbocycles. The smallest absolute Gasteiger partial charge is 0.387 e. The van der Waals surface area contributed by atoms with Crippen LogP contribution in [0.3, 0.4) is 0 Å². The number of hydrogen-bond acceptors (Lipinski definition) is 4. The van der Waals surface area contributed by atoms with E-state index in [0.717, 1.165) is 0 Å². The normalized spacial score (nSPS) is 12.2. The summed E-state index contributed by atoms with van der Waals surface area (Å²) < 4.78 is 39.9. The molecular formula is C17H19F2NO4. The zero-order chi connectivity index (χ0) is 17.5. The second-order valence-electron chi connectivity index (χ2n) is 5.05. The minimum absolute atomic E-state index is 0.0409. The van der Waals surface area contributed by atoms with Crippen molar-refractivity contribution in [3.05, 3.63) is 53.5 Å². The fourth-order valence-corrected chi connectivity index (χ4v) is 2.32. The SMILES string of the molecule is CCC(NC(=O)c1ccc(COC)o1)c1ccccc1OC(F)F. The Balaban J connectivity index is 2.15. The van der Waals surface area contributed by atoms with Crippen molar-refractivity contribution in [3.8, 4) is 5.75 Å². The van der Waals surface area contributed by atoms with E-state index >= 15 is 0 Å². The fourth-order valence-electron chi connectivity index (χ4n) is 2.32. The molecule has 0 saturated heterocycles. The van der Waals surface area contributed by atoms with E-state index in [2.05, 4.69) is 10.1 Å². The van der Waals surface area contributed by atoms with Crippen molar-refractivity contribution in [1.82, 2.24) is 5.32 Å². The lowest BCUT2D eigenvalue weighted by Gasteiger charge is -2.20. The van der Waals surface area contributed by atoms with E-state index < -0.39 is 18.6 Å². The van der Waals surface area contributed by atoms with Gasteiger partial charge in [0.05, 0.1) is 6.04 Å². The highest BCUT2D eigenvalue weighted by Gasteiger charge is 2.21. The molecule has 0 spiro atoms. The lowest BCUT2D eigenvalue weighted by atomic mass is 10.0. The maximum atomic E-state index is 12.5. The lowest BCUT2D eigenvalue weighted by Crippen LogP contribution is -2.28. The third kappa shape index (κ3) is 4.55. The first-order valence-corrected chi connectivity index (χ1v) is 7.47. The number of methoxy groups -OCH3 is 1.